The summed E-state index contributed by atoms with van der Waals surface area (Å²) in [5.41, 5.74) is 5.96. The van der Waals surface area contributed by atoms with E-state index in [0.29, 0.717) is 29.5 Å². The molecule has 0 saturated carbocycles. The Bertz CT molecular complexity index is 635. The maximum atomic E-state index is 12.0. The van der Waals surface area contributed by atoms with Crippen molar-refractivity contribution in [2.75, 3.05) is 18.8 Å². The van der Waals surface area contributed by atoms with Crippen molar-refractivity contribution in [3.63, 3.8) is 0 Å². The van der Waals surface area contributed by atoms with Crippen LogP contribution in [0.25, 0.3) is 0 Å². The molecule has 1 aliphatic rings. The number of nitrogens with zero attached hydrogens (tertiary/aromatic N) is 2. The second-order valence-electron chi connectivity index (χ2n) is 6.60. The van der Waals surface area contributed by atoms with Crippen LogP contribution in [0.1, 0.15) is 39.2 Å². The Balaban J connectivity index is 1.92. The van der Waals surface area contributed by atoms with Crippen LogP contribution in [0.5, 0.6) is 0 Å². The highest BCUT2D eigenvalue weighted by Gasteiger charge is 2.26. The van der Waals surface area contributed by atoms with E-state index in [4.69, 9.17) is 22.1 Å². The summed E-state index contributed by atoms with van der Waals surface area (Å²) < 4.78 is 5.38. The van der Waals surface area contributed by atoms with Crippen molar-refractivity contribution >= 4 is 23.5 Å². The molecule has 2 N–H and O–H groups in total. The predicted molar refractivity (Wildman–Crippen MR) is 91.1 cm³/mol. The van der Waals surface area contributed by atoms with Crippen molar-refractivity contribution < 1.29 is 9.53 Å². The summed E-state index contributed by atoms with van der Waals surface area (Å²) >= 11 is 5.90. The van der Waals surface area contributed by atoms with Crippen molar-refractivity contribution in [2.45, 2.75) is 39.2 Å². The number of rotatable bonds is 0. The van der Waals surface area contributed by atoms with E-state index in [0.717, 1.165) is 12.8 Å². The monoisotopic (exact) mass is 335 g/mol. The molecule has 6 heteroatoms. The van der Waals surface area contributed by atoms with E-state index in [1.54, 1.807) is 11.0 Å². The highest BCUT2D eigenvalue weighted by molar-refractivity contribution is 6.30. The van der Waals surface area contributed by atoms with Crippen LogP contribution in [0, 0.1) is 17.8 Å². The Kier molecular flexibility index (Phi) is 5.38. The molecule has 1 aromatic heterocycles. The van der Waals surface area contributed by atoms with E-state index < -0.39 is 5.60 Å². The van der Waals surface area contributed by atoms with Crippen LogP contribution < -0.4 is 5.73 Å². The number of hydrogen-bond donors (Lipinski definition) is 1. The number of hydrogen-bond acceptors (Lipinski definition) is 4. The molecule has 2 rings (SSSR count). The molecule has 1 saturated heterocycles. The second kappa shape index (κ2) is 7.10. The first-order valence-electron chi connectivity index (χ1n) is 7.65. The molecule has 0 bridgehead atoms. The summed E-state index contributed by atoms with van der Waals surface area (Å²) in [7, 11) is 0. The Morgan fingerprint density at radius 2 is 2.09 bits per heavy atom. The van der Waals surface area contributed by atoms with Gasteiger partial charge in [-0.2, -0.15) is 0 Å². The lowest BCUT2D eigenvalue weighted by molar-refractivity contribution is 0.0199. The van der Waals surface area contributed by atoms with Crippen molar-refractivity contribution in [3.05, 3.63) is 22.8 Å². The number of aromatic nitrogens is 1. The van der Waals surface area contributed by atoms with Crippen LogP contribution in [0.15, 0.2) is 12.3 Å². The van der Waals surface area contributed by atoms with Gasteiger partial charge < -0.3 is 15.4 Å². The van der Waals surface area contributed by atoms with Crippen molar-refractivity contribution in [1.29, 1.82) is 0 Å². The van der Waals surface area contributed by atoms with Crippen molar-refractivity contribution in [1.82, 2.24) is 9.88 Å². The van der Waals surface area contributed by atoms with Gasteiger partial charge in [-0.15, -0.1) is 0 Å². The van der Waals surface area contributed by atoms with Crippen LogP contribution in [0.4, 0.5) is 10.6 Å². The van der Waals surface area contributed by atoms with Crippen LogP contribution in [0.2, 0.25) is 5.02 Å². The second-order valence-corrected chi connectivity index (χ2v) is 7.03. The topological polar surface area (TPSA) is 68.5 Å². The normalized spacial score (nSPS) is 15.7. The quantitative estimate of drug-likeness (QED) is 0.738. The summed E-state index contributed by atoms with van der Waals surface area (Å²) in [5, 5.41) is 0.517. The largest absolute Gasteiger partial charge is 0.444 e. The third kappa shape index (κ3) is 5.33. The fourth-order valence-electron chi connectivity index (χ4n) is 2.26. The van der Waals surface area contributed by atoms with E-state index in [-0.39, 0.29) is 12.0 Å². The highest BCUT2D eigenvalue weighted by Crippen LogP contribution is 2.20. The van der Waals surface area contributed by atoms with E-state index in [1.807, 2.05) is 20.8 Å². The van der Waals surface area contributed by atoms with Gasteiger partial charge in [0.1, 0.15) is 11.4 Å². The van der Waals surface area contributed by atoms with Gasteiger partial charge in [-0.1, -0.05) is 23.4 Å². The number of carbonyl (C=O) groups excluding carboxylic acids is 1. The summed E-state index contributed by atoms with van der Waals surface area (Å²) in [6.07, 6.45) is 2.88. The van der Waals surface area contributed by atoms with Gasteiger partial charge in [0.25, 0.3) is 0 Å². The standard InChI is InChI=1S/C17H22ClN3O2/c1-17(2,3)23-16(22)21-8-6-12(7-9-21)4-5-13-10-14(18)11-20-15(13)19/h10-12H,6-9H2,1-3H3,(H2,19,20). The minimum atomic E-state index is -0.467. The van der Waals surface area contributed by atoms with E-state index in [9.17, 15) is 4.79 Å². The lowest BCUT2D eigenvalue weighted by atomic mass is 9.97. The first kappa shape index (κ1) is 17.4. The maximum absolute atomic E-state index is 12.0. The summed E-state index contributed by atoms with van der Waals surface area (Å²) in [6.45, 7) is 6.90. The van der Waals surface area contributed by atoms with Crippen LogP contribution >= 0.6 is 11.6 Å². The molecule has 0 unspecified atom stereocenters. The van der Waals surface area contributed by atoms with Gasteiger partial charge in [-0.05, 0) is 39.7 Å². The van der Waals surface area contributed by atoms with Gasteiger partial charge in [-0.25, -0.2) is 9.78 Å². The van der Waals surface area contributed by atoms with Gasteiger partial charge in [0.2, 0.25) is 0 Å². The molecule has 124 valence electrons. The Hall–Kier alpha value is -1.93. The average Bonchev–Trinajstić information content (AvgIpc) is 2.47. The zero-order chi connectivity index (χ0) is 17.0. The van der Waals surface area contributed by atoms with Gasteiger partial charge in [-0.3, -0.25) is 0 Å². The summed E-state index contributed by atoms with van der Waals surface area (Å²) in [5.74, 6) is 6.87. The Morgan fingerprint density at radius 3 is 2.70 bits per heavy atom. The Labute approximate surface area is 142 Å². The number of halogens is 1. The number of pyridine rings is 1. The summed E-state index contributed by atoms with van der Waals surface area (Å²) in [4.78, 5) is 17.7. The predicted octanol–water partition coefficient (Wildman–Crippen LogP) is 3.32. The van der Waals surface area contributed by atoms with Crippen molar-refractivity contribution in [3.8, 4) is 11.8 Å². The molecule has 0 aliphatic carbocycles. The third-order valence-electron chi connectivity index (χ3n) is 3.44. The number of nitrogen functional groups attached to an aromatic ring is 1. The molecule has 0 radical (unpaired) electrons. The Morgan fingerprint density at radius 1 is 1.43 bits per heavy atom. The molecule has 0 atom stereocenters. The third-order valence-corrected chi connectivity index (χ3v) is 3.65. The van der Waals surface area contributed by atoms with Gasteiger partial charge in [0.15, 0.2) is 0 Å². The number of amides is 1. The minimum absolute atomic E-state index is 0.229. The molecule has 2 heterocycles. The van der Waals surface area contributed by atoms with E-state index >= 15 is 0 Å². The molecule has 5 nitrogen and oxygen atoms in total. The smallest absolute Gasteiger partial charge is 0.410 e. The molecular weight excluding hydrogens is 314 g/mol. The molecule has 1 amide bonds. The van der Waals surface area contributed by atoms with Gasteiger partial charge in [0.05, 0.1) is 10.6 Å². The molecule has 0 spiro atoms. The SMILES string of the molecule is CC(C)(C)OC(=O)N1CCC(C#Cc2cc(Cl)cnc2N)CC1. The fourth-order valence-corrected chi connectivity index (χ4v) is 2.42. The van der Waals surface area contributed by atoms with Crippen LogP contribution in [-0.2, 0) is 4.74 Å². The van der Waals surface area contributed by atoms with Crippen LogP contribution in [0.3, 0.4) is 0 Å². The van der Waals surface area contributed by atoms with Crippen LogP contribution in [-0.4, -0.2) is 34.7 Å². The number of nitrogens with two attached hydrogens (primary N) is 1. The lowest BCUT2D eigenvalue weighted by Crippen LogP contribution is -2.41. The average molecular weight is 336 g/mol. The molecular formula is C17H22ClN3O2. The number of anilines is 1. The van der Waals surface area contributed by atoms with Gasteiger partial charge in [0, 0.05) is 25.2 Å². The lowest BCUT2D eigenvalue weighted by Gasteiger charge is -2.31. The zero-order valence-electron chi connectivity index (χ0n) is 13.7. The van der Waals surface area contributed by atoms with Gasteiger partial charge >= 0.3 is 6.09 Å². The molecule has 1 aliphatic heterocycles. The minimum Gasteiger partial charge on any atom is -0.444 e. The maximum Gasteiger partial charge on any atom is 0.410 e. The molecule has 0 aromatic carbocycles. The van der Waals surface area contributed by atoms with Crippen molar-refractivity contribution in [2.24, 2.45) is 5.92 Å². The zero-order valence-corrected chi connectivity index (χ0v) is 14.5. The summed E-state index contributed by atoms with van der Waals surface area (Å²) in [6, 6.07) is 1.71. The number of ether oxygens (including phenoxy) is 1. The van der Waals surface area contributed by atoms with E-state index in [1.165, 1.54) is 6.20 Å². The molecule has 1 fully saturated rings. The first-order chi connectivity index (χ1) is 10.7. The molecule has 23 heavy (non-hydrogen) atoms. The number of carbonyl (C=O) groups is 1. The number of piperidine rings is 1. The fraction of sp³-hybridized carbons (Fsp3) is 0.529. The first-order valence-corrected chi connectivity index (χ1v) is 8.03. The highest BCUT2D eigenvalue weighted by atomic mass is 35.5. The molecule has 1 aromatic rings. The van der Waals surface area contributed by atoms with E-state index in [2.05, 4.69) is 16.8 Å². The number of likely N-dealkylation sites (tertiary alicyclic amines) is 1.